The number of amides is 1. The molecule has 1 aliphatic carbocycles. The summed E-state index contributed by atoms with van der Waals surface area (Å²) in [5.74, 6) is -0.133. The molecule has 1 amide bonds. The van der Waals surface area contributed by atoms with Crippen molar-refractivity contribution in [3.8, 4) is 0 Å². The van der Waals surface area contributed by atoms with Crippen LogP contribution in [-0.4, -0.2) is 53.4 Å². The molecule has 136 valence electrons. The van der Waals surface area contributed by atoms with Gasteiger partial charge >= 0.3 is 0 Å². The number of aliphatic hydroxyl groups excluding tert-OH is 1. The molecule has 1 saturated heterocycles. The standard InChI is InChI=1S/C20H28N2O3/c23-18-8-7-17(25-19(18)20(24)21-16-5-6-16)10-12-22-11-9-14-3-1-2-4-15(14)13-22/h1-4,16-19,23H,5-13H2,(H,21,24)/t17-,18+,19+/m1/s1. The quantitative estimate of drug-likeness (QED) is 0.852. The number of nitrogens with one attached hydrogen (secondary N) is 1. The van der Waals surface area contributed by atoms with Crippen molar-refractivity contribution in [3.05, 3.63) is 35.4 Å². The summed E-state index contributed by atoms with van der Waals surface area (Å²) in [5, 5.41) is 13.1. The van der Waals surface area contributed by atoms with E-state index < -0.39 is 12.2 Å². The van der Waals surface area contributed by atoms with Crippen LogP contribution in [0.1, 0.15) is 43.2 Å². The molecule has 2 aliphatic heterocycles. The molecular weight excluding hydrogens is 316 g/mol. The first-order chi connectivity index (χ1) is 12.2. The molecule has 0 unspecified atom stereocenters. The summed E-state index contributed by atoms with van der Waals surface area (Å²) >= 11 is 0. The van der Waals surface area contributed by atoms with Gasteiger partial charge in [0.15, 0.2) is 6.10 Å². The van der Waals surface area contributed by atoms with Crippen LogP contribution in [0.2, 0.25) is 0 Å². The van der Waals surface area contributed by atoms with Crippen LogP contribution in [0.25, 0.3) is 0 Å². The predicted octanol–water partition coefficient (Wildman–Crippen LogP) is 1.62. The highest BCUT2D eigenvalue weighted by molar-refractivity contribution is 5.82. The van der Waals surface area contributed by atoms with Crippen molar-refractivity contribution in [2.24, 2.45) is 0 Å². The fraction of sp³-hybridized carbons (Fsp3) is 0.650. The monoisotopic (exact) mass is 344 g/mol. The van der Waals surface area contributed by atoms with Crippen molar-refractivity contribution in [2.75, 3.05) is 13.1 Å². The molecule has 3 aliphatic rings. The minimum absolute atomic E-state index is 0.0653. The zero-order valence-corrected chi connectivity index (χ0v) is 14.7. The Morgan fingerprint density at radius 3 is 2.80 bits per heavy atom. The lowest BCUT2D eigenvalue weighted by molar-refractivity contribution is -0.158. The fourth-order valence-electron chi connectivity index (χ4n) is 3.91. The molecular formula is C20H28N2O3. The smallest absolute Gasteiger partial charge is 0.252 e. The molecule has 0 bridgehead atoms. The number of hydrogen-bond donors (Lipinski definition) is 2. The van der Waals surface area contributed by atoms with Gasteiger partial charge < -0.3 is 15.2 Å². The Hall–Kier alpha value is -1.43. The van der Waals surface area contributed by atoms with E-state index in [0.717, 1.165) is 51.7 Å². The molecule has 5 nitrogen and oxygen atoms in total. The van der Waals surface area contributed by atoms with E-state index in [1.807, 2.05) is 0 Å². The lowest BCUT2D eigenvalue weighted by Crippen LogP contribution is -2.50. The number of ether oxygens (including phenoxy) is 1. The second-order valence-electron chi connectivity index (χ2n) is 7.69. The lowest BCUT2D eigenvalue weighted by atomic mass is 9.97. The van der Waals surface area contributed by atoms with E-state index in [4.69, 9.17) is 4.74 Å². The average Bonchev–Trinajstić information content (AvgIpc) is 3.44. The van der Waals surface area contributed by atoms with Crippen LogP contribution < -0.4 is 5.32 Å². The molecule has 2 heterocycles. The summed E-state index contributed by atoms with van der Waals surface area (Å²) in [4.78, 5) is 14.7. The van der Waals surface area contributed by atoms with Gasteiger partial charge in [0.25, 0.3) is 5.91 Å². The molecule has 0 aromatic heterocycles. The van der Waals surface area contributed by atoms with Crippen molar-refractivity contribution in [1.29, 1.82) is 0 Å². The predicted molar refractivity (Wildman–Crippen MR) is 95.1 cm³/mol. The van der Waals surface area contributed by atoms with Gasteiger partial charge in [-0.1, -0.05) is 24.3 Å². The van der Waals surface area contributed by atoms with Gasteiger partial charge in [0.1, 0.15) is 0 Å². The Labute approximate surface area is 149 Å². The Kier molecular flexibility index (Phi) is 5.06. The van der Waals surface area contributed by atoms with E-state index in [1.165, 1.54) is 11.1 Å². The molecule has 3 atom stereocenters. The van der Waals surface area contributed by atoms with Crippen LogP contribution in [-0.2, 0) is 22.5 Å². The van der Waals surface area contributed by atoms with Gasteiger partial charge in [-0.25, -0.2) is 0 Å². The second kappa shape index (κ2) is 7.44. The maximum absolute atomic E-state index is 12.2. The first-order valence-corrected chi connectivity index (χ1v) is 9.62. The van der Waals surface area contributed by atoms with E-state index in [9.17, 15) is 9.90 Å². The van der Waals surface area contributed by atoms with Crippen LogP contribution in [0.5, 0.6) is 0 Å². The van der Waals surface area contributed by atoms with E-state index >= 15 is 0 Å². The first-order valence-electron chi connectivity index (χ1n) is 9.62. The maximum Gasteiger partial charge on any atom is 0.252 e. The molecule has 1 aromatic carbocycles. The van der Waals surface area contributed by atoms with Gasteiger partial charge in [0.2, 0.25) is 0 Å². The van der Waals surface area contributed by atoms with Gasteiger partial charge in [0.05, 0.1) is 12.2 Å². The van der Waals surface area contributed by atoms with Crippen molar-refractivity contribution >= 4 is 5.91 Å². The Bertz CT molecular complexity index is 617. The molecule has 2 fully saturated rings. The van der Waals surface area contributed by atoms with Crippen molar-refractivity contribution < 1.29 is 14.6 Å². The molecule has 0 spiro atoms. The van der Waals surface area contributed by atoms with Crippen molar-refractivity contribution in [3.63, 3.8) is 0 Å². The number of fused-ring (bicyclic) bond motifs is 1. The zero-order valence-electron chi connectivity index (χ0n) is 14.7. The van der Waals surface area contributed by atoms with Crippen LogP contribution in [0, 0.1) is 0 Å². The highest BCUT2D eigenvalue weighted by atomic mass is 16.5. The molecule has 25 heavy (non-hydrogen) atoms. The minimum Gasteiger partial charge on any atom is -0.390 e. The Balaban J connectivity index is 1.27. The number of rotatable bonds is 5. The van der Waals surface area contributed by atoms with Crippen molar-refractivity contribution in [2.45, 2.75) is 69.4 Å². The van der Waals surface area contributed by atoms with Gasteiger partial charge in [-0.2, -0.15) is 0 Å². The third-order valence-corrected chi connectivity index (χ3v) is 5.63. The second-order valence-corrected chi connectivity index (χ2v) is 7.69. The number of nitrogens with zero attached hydrogens (tertiary/aromatic N) is 1. The van der Waals surface area contributed by atoms with Crippen LogP contribution in [0.3, 0.4) is 0 Å². The zero-order chi connectivity index (χ0) is 17.2. The maximum atomic E-state index is 12.2. The summed E-state index contributed by atoms with van der Waals surface area (Å²) in [6, 6.07) is 8.96. The van der Waals surface area contributed by atoms with E-state index in [2.05, 4.69) is 34.5 Å². The van der Waals surface area contributed by atoms with E-state index in [1.54, 1.807) is 0 Å². The Morgan fingerprint density at radius 2 is 2.00 bits per heavy atom. The van der Waals surface area contributed by atoms with Gasteiger partial charge in [-0.3, -0.25) is 9.69 Å². The van der Waals surface area contributed by atoms with E-state index in [0.29, 0.717) is 12.5 Å². The first kappa shape index (κ1) is 17.0. The number of carbonyl (C=O) groups is 1. The SMILES string of the molecule is O=C(NC1CC1)[C@H]1O[C@@H](CCN2CCc3ccccc3C2)CC[C@@H]1O. The topological polar surface area (TPSA) is 61.8 Å². The Morgan fingerprint density at radius 1 is 1.20 bits per heavy atom. The molecule has 1 aromatic rings. The summed E-state index contributed by atoms with van der Waals surface area (Å²) in [6.07, 6.45) is 4.31. The summed E-state index contributed by atoms with van der Waals surface area (Å²) < 4.78 is 5.96. The number of carbonyl (C=O) groups excluding carboxylic acids is 1. The molecule has 0 radical (unpaired) electrons. The van der Waals surface area contributed by atoms with Crippen LogP contribution in [0.4, 0.5) is 0 Å². The molecule has 5 heteroatoms. The van der Waals surface area contributed by atoms with Crippen molar-refractivity contribution in [1.82, 2.24) is 10.2 Å². The third-order valence-electron chi connectivity index (χ3n) is 5.63. The van der Waals surface area contributed by atoms with E-state index in [-0.39, 0.29) is 12.0 Å². The fourth-order valence-corrected chi connectivity index (χ4v) is 3.91. The van der Waals surface area contributed by atoms with Gasteiger partial charge in [-0.15, -0.1) is 0 Å². The normalized spacial score (nSPS) is 29.9. The number of benzene rings is 1. The van der Waals surface area contributed by atoms with Gasteiger partial charge in [0, 0.05) is 25.7 Å². The number of aliphatic hydroxyl groups is 1. The highest BCUT2D eigenvalue weighted by Crippen LogP contribution is 2.25. The van der Waals surface area contributed by atoms with Crippen LogP contribution in [0.15, 0.2) is 24.3 Å². The van der Waals surface area contributed by atoms with Gasteiger partial charge in [-0.05, 0) is 49.7 Å². The largest absolute Gasteiger partial charge is 0.390 e. The number of hydrogen-bond acceptors (Lipinski definition) is 4. The summed E-state index contributed by atoms with van der Waals surface area (Å²) in [7, 11) is 0. The lowest BCUT2D eigenvalue weighted by Gasteiger charge is -2.35. The molecule has 2 N–H and O–H groups in total. The van der Waals surface area contributed by atoms with Crippen LogP contribution >= 0.6 is 0 Å². The minimum atomic E-state index is -0.693. The summed E-state index contributed by atoms with van der Waals surface area (Å²) in [6.45, 7) is 3.06. The molecule has 1 saturated carbocycles. The summed E-state index contributed by atoms with van der Waals surface area (Å²) in [5.41, 5.74) is 2.89. The molecule has 4 rings (SSSR count). The third kappa shape index (κ3) is 4.22. The highest BCUT2D eigenvalue weighted by Gasteiger charge is 2.37. The average molecular weight is 344 g/mol.